The highest BCUT2D eigenvalue weighted by molar-refractivity contribution is 7.99. The van der Waals surface area contributed by atoms with E-state index in [2.05, 4.69) is 12.2 Å². The molecule has 7 heteroatoms. The maximum absolute atomic E-state index is 12.8. The molecule has 1 fully saturated rings. The highest BCUT2D eigenvalue weighted by Gasteiger charge is 2.32. The van der Waals surface area contributed by atoms with Crippen LogP contribution in [0.25, 0.3) is 0 Å². The lowest BCUT2D eigenvalue weighted by atomic mass is 10.0. The summed E-state index contributed by atoms with van der Waals surface area (Å²) >= 11 is 1.77. The third-order valence-electron chi connectivity index (χ3n) is 4.56. The number of carboxylic acid groups (broad SMARTS) is 1. The molecule has 27 heavy (non-hydrogen) atoms. The van der Waals surface area contributed by atoms with Crippen molar-refractivity contribution in [2.24, 2.45) is 0 Å². The number of aliphatic carboxylic acids is 1. The Morgan fingerprint density at radius 1 is 1.26 bits per heavy atom. The minimum atomic E-state index is -0.965. The molecule has 6 nitrogen and oxygen atoms in total. The number of carboxylic acids is 1. The molecule has 2 N–H and O–H groups in total. The minimum Gasteiger partial charge on any atom is -0.480 e. The molecule has 0 saturated carbocycles. The predicted octanol–water partition coefficient (Wildman–Crippen LogP) is 3.63. The maximum atomic E-state index is 12.8. The second-order valence-electron chi connectivity index (χ2n) is 6.69. The topological polar surface area (TPSA) is 86.7 Å². The lowest BCUT2D eigenvalue weighted by molar-refractivity contribution is -0.143. The van der Waals surface area contributed by atoms with Crippen molar-refractivity contribution in [3.8, 4) is 0 Å². The Bertz CT molecular complexity index is 665. The van der Waals surface area contributed by atoms with Crippen LogP contribution in [0.4, 0.5) is 5.69 Å². The zero-order valence-corrected chi connectivity index (χ0v) is 16.6. The van der Waals surface area contributed by atoms with Crippen LogP contribution in [0.5, 0.6) is 0 Å². The number of hydrogen-bond acceptors (Lipinski definition) is 4. The van der Waals surface area contributed by atoms with Crippen LogP contribution >= 0.6 is 11.8 Å². The van der Waals surface area contributed by atoms with Crippen molar-refractivity contribution in [1.29, 1.82) is 0 Å². The van der Waals surface area contributed by atoms with Gasteiger partial charge in [-0.15, -0.1) is 0 Å². The van der Waals surface area contributed by atoms with Gasteiger partial charge in [0.2, 0.25) is 5.91 Å². The highest BCUT2D eigenvalue weighted by Crippen LogP contribution is 2.21. The number of unbranched alkanes of at least 4 members (excludes halogenated alkanes) is 1. The molecule has 1 aliphatic heterocycles. The van der Waals surface area contributed by atoms with Crippen LogP contribution in [0.1, 0.15) is 55.8 Å². The first kappa shape index (κ1) is 21.3. The molecule has 0 aromatic heterocycles. The SMILES string of the molecule is CCCCSCCC(=O)Nc1cccc(C(=O)N2CCCCC2C(=O)O)c1. The molecule has 1 unspecified atom stereocenters. The van der Waals surface area contributed by atoms with Gasteiger partial charge in [0, 0.05) is 30.0 Å². The van der Waals surface area contributed by atoms with Gasteiger partial charge in [-0.2, -0.15) is 11.8 Å². The van der Waals surface area contributed by atoms with Gasteiger partial charge < -0.3 is 15.3 Å². The fraction of sp³-hybridized carbons (Fsp3) is 0.550. The number of anilines is 1. The monoisotopic (exact) mass is 392 g/mol. The molecule has 1 atom stereocenters. The number of rotatable bonds is 9. The van der Waals surface area contributed by atoms with E-state index in [1.54, 1.807) is 36.0 Å². The number of carbonyl (C=O) groups is 3. The normalized spacial score (nSPS) is 16.8. The maximum Gasteiger partial charge on any atom is 0.326 e. The van der Waals surface area contributed by atoms with Crippen molar-refractivity contribution in [3.05, 3.63) is 29.8 Å². The smallest absolute Gasteiger partial charge is 0.326 e. The molecule has 1 heterocycles. The van der Waals surface area contributed by atoms with E-state index in [0.29, 0.717) is 30.6 Å². The molecule has 1 aromatic carbocycles. The largest absolute Gasteiger partial charge is 0.480 e. The molecule has 0 radical (unpaired) electrons. The van der Waals surface area contributed by atoms with Gasteiger partial charge in [0.1, 0.15) is 6.04 Å². The molecule has 1 aromatic rings. The van der Waals surface area contributed by atoms with E-state index >= 15 is 0 Å². The number of nitrogens with one attached hydrogen (secondary N) is 1. The summed E-state index contributed by atoms with van der Waals surface area (Å²) in [5.41, 5.74) is 0.964. The van der Waals surface area contributed by atoms with Crippen molar-refractivity contribution in [3.63, 3.8) is 0 Å². The Morgan fingerprint density at radius 2 is 2.07 bits per heavy atom. The van der Waals surface area contributed by atoms with Crippen LogP contribution in [0, 0.1) is 0 Å². The molecule has 2 rings (SSSR count). The number of nitrogens with zero attached hydrogens (tertiary/aromatic N) is 1. The Morgan fingerprint density at radius 3 is 2.81 bits per heavy atom. The number of benzene rings is 1. The molecular formula is C20H28N2O4S. The molecule has 0 aliphatic carbocycles. The van der Waals surface area contributed by atoms with Crippen molar-refractivity contribution in [2.45, 2.75) is 51.5 Å². The minimum absolute atomic E-state index is 0.0787. The number of amides is 2. The molecule has 2 amide bonds. The second-order valence-corrected chi connectivity index (χ2v) is 7.92. The second kappa shape index (κ2) is 11.0. The van der Waals surface area contributed by atoms with Gasteiger partial charge in [-0.3, -0.25) is 9.59 Å². The third kappa shape index (κ3) is 6.57. The summed E-state index contributed by atoms with van der Waals surface area (Å²) in [4.78, 5) is 37.7. The fourth-order valence-electron chi connectivity index (χ4n) is 3.06. The van der Waals surface area contributed by atoms with E-state index in [-0.39, 0.29) is 11.8 Å². The van der Waals surface area contributed by atoms with Crippen molar-refractivity contribution in [2.75, 3.05) is 23.4 Å². The first-order chi connectivity index (χ1) is 13.0. The molecule has 1 saturated heterocycles. The molecule has 1 aliphatic rings. The first-order valence-corrected chi connectivity index (χ1v) is 10.7. The van der Waals surface area contributed by atoms with Crippen LogP contribution in [0.2, 0.25) is 0 Å². The van der Waals surface area contributed by atoms with Crippen LogP contribution in [-0.4, -0.2) is 51.9 Å². The summed E-state index contributed by atoms with van der Waals surface area (Å²) in [6.07, 6.45) is 4.84. The summed E-state index contributed by atoms with van der Waals surface area (Å²) < 4.78 is 0. The summed E-state index contributed by atoms with van der Waals surface area (Å²) in [6.45, 7) is 2.59. The van der Waals surface area contributed by atoms with E-state index in [9.17, 15) is 19.5 Å². The van der Waals surface area contributed by atoms with Crippen LogP contribution in [0.3, 0.4) is 0 Å². The van der Waals surface area contributed by atoms with Crippen molar-refractivity contribution in [1.82, 2.24) is 4.90 Å². The van der Waals surface area contributed by atoms with Gasteiger partial charge in [0.15, 0.2) is 0 Å². The number of hydrogen-bond donors (Lipinski definition) is 2. The van der Waals surface area contributed by atoms with Crippen molar-refractivity contribution < 1.29 is 19.5 Å². The standard InChI is InChI=1S/C20H28N2O4S/c1-2-3-12-27-13-10-18(23)21-16-8-6-7-15(14-16)19(24)22-11-5-4-9-17(22)20(25)26/h6-8,14,17H,2-5,9-13H2,1H3,(H,21,23)(H,25,26). The van der Waals surface area contributed by atoms with E-state index in [1.165, 1.54) is 4.90 Å². The zero-order chi connectivity index (χ0) is 19.6. The number of piperidine rings is 1. The van der Waals surface area contributed by atoms with Gasteiger partial charge >= 0.3 is 5.97 Å². The summed E-state index contributed by atoms with van der Waals surface area (Å²) in [5.74, 6) is 0.499. The first-order valence-electron chi connectivity index (χ1n) is 9.54. The van der Waals surface area contributed by atoms with Crippen LogP contribution in [-0.2, 0) is 9.59 Å². The van der Waals surface area contributed by atoms with Crippen LogP contribution < -0.4 is 5.32 Å². The Kier molecular flexibility index (Phi) is 8.64. The van der Waals surface area contributed by atoms with Gasteiger partial charge in [-0.1, -0.05) is 19.4 Å². The lowest BCUT2D eigenvalue weighted by Gasteiger charge is -2.33. The molecular weight excluding hydrogens is 364 g/mol. The molecule has 0 bridgehead atoms. The third-order valence-corrected chi connectivity index (χ3v) is 5.63. The van der Waals surface area contributed by atoms with Gasteiger partial charge in [0.05, 0.1) is 0 Å². The van der Waals surface area contributed by atoms with E-state index in [4.69, 9.17) is 0 Å². The zero-order valence-electron chi connectivity index (χ0n) is 15.8. The van der Waals surface area contributed by atoms with Gasteiger partial charge in [-0.25, -0.2) is 4.79 Å². The average Bonchev–Trinajstić information content (AvgIpc) is 2.67. The molecule has 0 spiro atoms. The van der Waals surface area contributed by atoms with E-state index < -0.39 is 12.0 Å². The highest BCUT2D eigenvalue weighted by atomic mass is 32.2. The van der Waals surface area contributed by atoms with Crippen LogP contribution in [0.15, 0.2) is 24.3 Å². The summed E-state index contributed by atoms with van der Waals surface area (Å²) in [7, 11) is 0. The Hall–Kier alpha value is -2.02. The summed E-state index contributed by atoms with van der Waals surface area (Å²) in [5, 5.41) is 12.2. The van der Waals surface area contributed by atoms with E-state index in [0.717, 1.165) is 37.2 Å². The number of likely N-dealkylation sites (tertiary alicyclic amines) is 1. The van der Waals surface area contributed by atoms with Gasteiger partial charge in [0.25, 0.3) is 5.91 Å². The number of thioether (sulfide) groups is 1. The average molecular weight is 393 g/mol. The van der Waals surface area contributed by atoms with E-state index in [1.807, 2.05) is 0 Å². The lowest BCUT2D eigenvalue weighted by Crippen LogP contribution is -2.48. The van der Waals surface area contributed by atoms with Crippen molar-refractivity contribution >= 4 is 35.2 Å². The fourth-order valence-corrected chi connectivity index (χ4v) is 4.09. The summed E-state index contributed by atoms with van der Waals surface area (Å²) in [6, 6.07) is 5.96. The number of carbonyl (C=O) groups excluding carboxylic acids is 2. The molecule has 148 valence electrons. The predicted molar refractivity (Wildman–Crippen MR) is 108 cm³/mol. The van der Waals surface area contributed by atoms with Gasteiger partial charge in [-0.05, 0) is 49.6 Å². The Labute approximate surface area is 164 Å². The Balaban J connectivity index is 1.94. The quantitative estimate of drug-likeness (QED) is 0.627.